The van der Waals surface area contributed by atoms with Crippen LogP contribution in [-0.4, -0.2) is 0 Å². The third-order valence-electron chi connectivity index (χ3n) is 10.4. The van der Waals surface area contributed by atoms with Gasteiger partial charge in [0.25, 0.3) is 0 Å². The van der Waals surface area contributed by atoms with Gasteiger partial charge in [0.05, 0.1) is 0 Å². The van der Waals surface area contributed by atoms with Crippen LogP contribution in [0.3, 0.4) is 0 Å². The summed E-state index contributed by atoms with van der Waals surface area (Å²) in [6, 6.07) is 0. The molecule has 5 rings (SSSR count). The Bertz CT molecular complexity index is 750. The van der Waals surface area contributed by atoms with Gasteiger partial charge in [-0.05, 0) is 102 Å². The summed E-state index contributed by atoms with van der Waals surface area (Å²) >= 11 is 0. The lowest BCUT2D eigenvalue weighted by Crippen LogP contribution is -2.39. The van der Waals surface area contributed by atoms with Crippen molar-refractivity contribution in [1.82, 2.24) is 0 Å². The van der Waals surface area contributed by atoms with Gasteiger partial charge < -0.3 is 0 Å². The van der Waals surface area contributed by atoms with Crippen LogP contribution >= 0.6 is 0 Å². The molecule has 0 aliphatic heterocycles. The van der Waals surface area contributed by atoms with E-state index in [2.05, 4.69) is 90.2 Å². The fraction of sp³-hybridized carbons (Fsp3) is 0.742. The molecule has 5 aliphatic carbocycles. The zero-order valence-corrected chi connectivity index (χ0v) is 21.0. The van der Waals surface area contributed by atoms with Gasteiger partial charge in [-0.2, -0.15) is 0 Å². The predicted molar refractivity (Wildman–Crippen MR) is 134 cm³/mol. The van der Waals surface area contributed by atoms with Crippen molar-refractivity contribution >= 4 is 0 Å². The van der Waals surface area contributed by atoms with Crippen LogP contribution in [0.4, 0.5) is 0 Å². The van der Waals surface area contributed by atoms with Gasteiger partial charge in [0.2, 0.25) is 0 Å². The normalized spacial score (nSPS) is 43.2. The molecular weight excluding hydrogens is 372 g/mol. The van der Waals surface area contributed by atoms with Crippen molar-refractivity contribution in [2.45, 2.75) is 80.1 Å². The van der Waals surface area contributed by atoms with Crippen molar-refractivity contribution in [2.24, 2.45) is 63.6 Å². The van der Waals surface area contributed by atoms with Crippen molar-refractivity contribution in [3.05, 3.63) is 48.6 Å². The number of fused-ring (bicyclic) bond motifs is 3. The van der Waals surface area contributed by atoms with Crippen molar-refractivity contribution in [3.63, 3.8) is 0 Å². The highest BCUT2D eigenvalue weighted by Crippen LogP contribution is 2.62. The zero-order valence-electron chi connectivity index (χ0n) is 21.0. The lowest BCUT2D eigenvalue weighted by Gasteiger charge is -2.47. The molecule has 3 saturated carbocycles. The molecule has 0 N–H and O–H groups in total. The van der Waals surface area contributed by atoms with Crippen LogP contribution in [-0.2, 0) is 0 Å². The monoisotopic (exact) mass is 418 g/mol. The first-order chi connectivity index (χ1) is 14.6. The first-order valence-corrected chi connectivity index (χ1v) is 13.3. The maximum Gasteiger partial charge on any atom is -0.00954 e. The van der Waals surface area contributed by atoms with Gasteiger partial charge in [0, 0.05) is 0 Å². The third kappa shape index (κ3) is 3.85. The molecule has 0 heterocycles. The van der Waals surface area contributed by atoms with Gasteiger partial charge in [-0.3, -0.25) is 0 Å². The SMILES string of the molecule is CC1(C)CC([C@@H]2CCC(C(C)(C)C3C4C=CC=C[C@H]4[C@H]4C=CC=CC34)C2)CC(C)(C)C1. The molecule has 5 aliphatic rings. The summed E-state index contributed by atoms with van der Waals surface area (Å²) in [7, 11) is 0. The first-order valence-electron chi connectivity index (χ1n) is 13.3. The minimum atomic E-state index is 0.405. The Morgan fingerprint density at radius 1 is 0.645 bits per heavy atom. The summed E-state index contributed by atoms with van der Waals surface area (Å²) in [5, 5.41) is 0. The predicted octanol–water partition coefficient (Wildman–Crippen LogP) is 8.63. The lowest BCUT2D eigenvalue weighted by atomic mass is 9.58. The largest absolute Gasteiger partial charge is 0.0805 e. The summed E-state index contributed by atoms with van der Waals surface area (Å²) in [6.07, 6.45) is 28.2. The molecule has 7 atom stereocenters. The van der Waals surface area contributed by atoms with Crippen LogP contribution in [0.1, 0.15) is 80.1 Å². The molecule has 0 aromatic rings. The minimum absolute atomic E-state index is 0.405. The van der Waals surface area contributed by atoms with E-state index in [0.717, 1.165) is 23.7 Å². The highest BCUT2D eigenvalue weighted by atomic mass is 14.6. The smallest absolute Gasteiger partial charge is 0.00954 e. The molecule has 3 fully saturated rings. The average Bonchev–Trinajstić information content (AvgIpc) is 3.30. The van der Waals surface area contributed by atoms with Gasteiger partial charge in [0.1, 0.15) is 0 Å². The van der Waals surface area contributed by atoms with Crippen LogP contribution in [0.5, 0.6) is 0 Å². The maximum absolute atomic E-state index is 2.65. The minimum Gasteiger partial charge on any atom is -0.0805 e. The third-order valence-corrected chi connectivity index (χ3v) is 10.4. The van der Waals surface area contributed by atoms with E-state index >= 15 is 0 Å². The molecule has 31 heavy (non-hydrogen) atoms. The van der Waals surface area contributed by atoms with Gasteiger partial charge in [-0.1, -0.05) is 90.2 Å². The summed E-state index contributed by atoms with van der Waals surface area (Å²) in [5.41, 5.74) is 1.44. The summed E-state index contributed by atoms with van der Waals surface area (Å²) in [4.78, 5) is 0. The summed E-state index contributed by atoms with van der Waals surface area (Å²) in [6.45, 7) is 15.4. The van der Waals surface area contributed by atoms with Crippen molar-refractivity contribution in [3.8, 4) is 0 Å². The zero-order chi connectivity index (χ0) is 22.0. The Morgan fingerprint density at radius 3 is 1.65 bits per heavy atom. The van der Waals surface area contributed by atoms with Crippen LogP contribution < -0.4 is 0 Å². The van der Waals surface area contributed by atoms with E-state index in [4.69, 9.17) is 0 Å². The Hall–Kier alpha value is -1.04. The van der Waals surface area contributed by atoms with Crippen LogP contribution in [0, 0.1) is 63.6 Å². The molecule has 0 aromatic heterocycles. The van der Waals surface area contributed by atoms with Gasteiger partial charge >= 0.3 is 0 Å². The second-order valence-corrected chi connectivity index (χ2v) is 14.1. The topological polar surface area (TPSA) is 0 Å². The first kappa shape index (κ1) is 21.8. The molecule has 0 radical (unpaired) electrons. The van der Waals surface area contributed by atoms with Crippen molar-refractivity contribution in [2.75, 3.05) is 0 Å². The fourth-order valence-corrected chi connectivity index (χ4v) is 9.68. The Labute approximate surface area is 192 Å². The van der Waals surface area contributed by atoms with E-state index in [0.29, 0.717) is 39.9 Å². The van der Waals surface area contributed by atoms with E-state index < -0.39 is 0 Å². The number of hydrogen-bond donors (Lipinski definition) is 0. The molecule has 0 bridgehead atoms. The van der Waals surface area contributed by atoms with Crippen LogP contribution in [0.2, 0.25) is 0 Å². The van der Waals surface area contributed by atoms with E-state index in [1.807, 2.05) is 0 Å². The van der Waals surface area contributed by atoms with E-state index in [1.165, 1.54) is 38.5 Å². The quantitative estimate of drug-likeness (QED) is 0.430. The molecule has 0 spiro atoms. The van der Waals surface area contributed by atoms with E-state index in [-0.39, 0.29) is 0 Å². The number of hydrogen-bond acceptors (Lipinski definition) is 0. The van der Waals surface area contributed by atoms with Crippen molar-refractivity contribution in [1.29, 1.82) is 0 Å². The second-order valence-electron chi connectivity index (χ2n) is 14.1. The van der Waals surface area contributed by atoms with Crippen LogP contribution in [0.25, 0.3) is 0 Å². The van der Waals surface area contributed by atoms with Gasteiger partial charge in [-0.15, -0.1) is 0 Å². The highest BCUT2D eigenvalue weighted by Gasteiger charge is 2.55. The summed E-state index contributed by atoms with van der Waals surface area (Å²) < 4.78 is 0. The fourth-order valence-electron chi connectivity index (χ4n) is 9.68. The van der Waals surface area contributed by atoms with Gasteiger partial charge in [-0.25, -0.2) is 0 Å². The van der Waals surface area contributed by atoms with E-state index in [1.54, 1.807) is 0 Å². The average molecular weight is 419 g/mol. The standard InChI is InChI=1S/C31H46/c1-29(2)18-22(19-30(3,4)20-29)21-15-16-23(17-21)31(5,6)28-26-13-9-7-11-24(26)25-12-8-10-14-27(25)28/h7-14,21-28H,15-20H2,1-6H3/t21-,23?,24-,25+,26?,27?,28?/m1/s1. The van der Waals surface area contributed by atoms with Gasteiger partial charge in [0.15, 0.2) is 0 Å². The lowest BCUT2D eigenvalue weighted by molar-refractivity contribution is 0.0319. The second kappa shape index (κ2) is 7.50. The Balaban J connectivity index is 1.36. The molecular formula is C31H46. The molecule has 0 nitrogen and oxygen atoms in total. The molecule has 0 heteroatoms. The maximum atomic E-state index is 2.65. The highest BCUT2D eigenvalue weighted by molar-refractivity contribution is 5.29. The molecule has 0 aromatic carbocycles. The van der Waals surface area contributed by atoms with Crippen LogP contribution in [0.15, 0.2) is 48.6 Å². The van der Waals surface area contributed by atoms with Crippen molar-refractivity contribution < 1.29 is 0 Å². The molecule has 0 amide bonds. The Kier molecular flexibility index (Phi) is 5.27. The Morgan fingerprint density at radius 2 is 1.13 bits per heavy atom. The number of rotatable bonds is 3. The van der Waals surface area contributed by atoms with E-state index in [9.17, 15) is 0 Å². The number of allylic oxidation sites excluding steroid dienone is 8. The summed E-state index contributed by atoms with van der Waals surface area (Å²) in [5.74, 6) is 6.40. The molecule has 0 saturated heterocycles. The molecule has 4 unspecified atom stereocenters. The molecule has 170 valence electrons.